The van der Waals surface area contributed by atoms with Crippen molar-refractivity contribution in [3.05, 3.63) is 12.2 Å². The fourth-order valence-electron chi connectivity index (χ4n) is 0.847. The predicted octanol–water partition coefficient (Wildman–Crippen LogP) is 0.257. The van der Waals surface area contributed by atoms with Gasteiger partial charge < -0.3 is 15.0 Å². The van der Waals surface area contributed by atoms with E-state index in [1.807, 2.05) is 14.1 Å². The fourth-order valence-corrected chi connectivity index (χ4v) is 0.847. The number of carbonyl (C=O) groups excluding carboxylic acids is 1. The van der Waals surface area contributed by atoms with Crippen molar-refractivity contribution in [2.75, 3.05) is 40.3 Å². The minimum absolute atomic E-state index is 0.315. The fraction of sp³-hybridized carbons (Fsp3) is 0.700. The molecule has 0 spiro atoms. The quantitative estimate of drug-likeness (QED) is 0.363. The topological polar surface area (TPSA) is 41.6 Å². The Hall–Kier alpha value is -0.870. The van der Waals surface area contributed by atoms with E-state index in [1.165, 1.54) is 0 Å². The Bertz CT molecular complexity index is 191. The highest BCUT2D eigenvalue weighted by molar-refractivity contribution is 5.88. The van der Waals surface area contributed by atoms with E-state index in [0.29, 0.717) is 18.7 Å². The first-order chi connectivity index (χ1) is 6.57. The number of ether oxygens (including phenoxy) is 1. The molecular weight excluding hydrogens is 180 g/mol. The molecule has 0 unspecified atom stereocenters. The minimum Gasteiger partial charge on any atom is -0.463 e. The van der Waals surface area contributed by atoms with Gasteiger partial charge in [0, 0.05) is 25.2 Å². The van der Waals surface area contributed by atoms with E-state index in [0.717, 1.165) is 13.1 Å². The van der Waals surface area contributed by atoms with Gasteiger partial charge in [-0.25, -0.2) is 4.79 Å². The van der Waals surface area contributed by atoms with Crippen LogP contribution < -0.4 is 5.32 Å². The molecule has 1 N–H and O–H groups in total. The number of nitrogens with zero attached hydrogens (tertiary/aromatic N) is 1. The van der Waals surface area contributed by atoms with Crippen LogP contribution in [0.25, 0.3) is 0 Å². The normalized spacial score (nSPS) is 10.3. The number of esters is 1. The van der Waals surface area contributed by atoms with E-state index in [4.69, 9.17) is 4.74 Å². The molecule has 0 amide bonds. The van der Waals surface area contributed by atoms with Crippen LogP contribution in [-0.2, 0) is 9.53 Å². The zero-order chi connectivity index (χ0) is 11.0. The maximum atomic E-state index is 11.1. The van der Waals surface area contributed by atoms with Gasteiger partial charge in [0.15, 0.2) is 0 Å². The molecule has 0 aliphatic heterocycles. The van der Waals surface area contributed by atoms with E-state index in [2.05, 4.69) is 16.8 Å². The van der Waals surface area contributed by atoms with E-state index in [1.54, 1.807) is 6.92 Å². The van der Waals surface area contributed by atoms with Gasteiger partial charge in [0.1, 0.15) is 0 Å². The lowest BCUT2D eigenvalue weighted by Crippen LogP contribution is -2.29. The monoisotopic (exact) mass is 200 g/mol. The van der Waals surface area contributed by atoms with Crippen LogP contribution in [0, 0.1) is 0 Å². The lowest BCUT2D eigenvalue weighted by atomic mass is 10.3. The van der Waals surface area contributed by atoms with E-state index >= 15 is 0 Å². The number of hydrogen-bond donors (Lipinski definition) is 1. The van der Waals surface area contributed by atoms with Gasteiger partial charge in [0.05, 0.1) is 6.61 Å². The molecule has 0 fully saturated rings. The largest absolute Gasteiger partial charge is 0.463 e. The van der Waals surface area contributed by atoms with Crippen molar-refractivity contribution in [3.63, 3.8) is 0 Å². The number of rotatable bonds is 7. The van der Waals surface area contributed by atoms with Gasteiger partial charge in [-0.05, 0) is 21.0 Å². The number of likely N-dealkylation sites (N-methyl/N-ethyl adjacent to an activating group) is 1. The molecule has 0 saturated heterocycles. The van der Waals surface area contributed by atoms with Crippen LogP contribution in [-0.4, -0.2) is 51.2 Å². The van der Waals surface area contributed by atoms with Gasteiger partial charge in [0.2, 0.25) is 0 Å². The zero-order valence-electron chi connectivity index (χ0n) is 9.30. The molecule has 0 aromatic carbocycles. The summed E-state index contributed by atoms with van der Waals surface area (Å²) in [6.45, 7) is 8.09. The molecule has 14 heavy (non-hydrogen) atoms. The Morgan fingerprint density at radius 2 is 2.14 bits per heavy atom. The number of nitrogens with one attached hydrogen (secondary N) is 1. The van der Waals surface area contributed by atoms with Crippen molar-refractivity contribution in [2.24, 2.45) is 0 Å². The first-order valence-corrected chi connectivity index (χ1v) is 4.78. The van der Waals surface area contributed by atoms with Gasteiger partial charge in [-0.1, -0.05) is 6.58 Å². The first kappa shape index (κ1) is 13.1. The Balaban J connectivity index is 3.49. The molecule has 0 bridgehead atoms. The lowest BCUT2D eigenvalue weighted by Gasteiger charge is -2.10. The smallest absolute Gasteiger partial charge is 0.334 e. The number of carbonyl (C=O) groups is 1. The maximum absolute atomic E-state index is 11.1. The van der Waals surface area contributed by atoms with Crippen molar-refractivity contribution < 1.29 is 9.53 Å². The Morgan fingerprint density at radius 1 is 1.50 bits per heavy atom. The summed E-state index contributed by atoms with van der Waals surface area (Å²) in [5, 5.41) is 3.11. The van der Waals surface area contributed by atoms with Gasteiger partial charge in [-0.2, -0.15) is 0 Å². The van der Waals surface area contributed by atoms with Crippen LogP contribution >= 0.6 is 0 Å². The van der Waals surface area contributed by atoms with Gasteiger partial charge in [-0.15, -0.1) is 0 Å². The minimum atomic E-state index is -0.315. The second-order valence-electron chi connectivity index (χ2n) is 3.30. The average molecular weight is 200 g/mol. The predicted molar refractivity (Wildman–Crippen MR) is 57.2 cm³/mol. The summed E-state index contributed by atoms with van der Waals surface area (Å²) in [4.78, 5) is 13.2. The van der Waals surface area contributed by atoms with Crippen LogP contribution in [0.1, 0.15) is 6.92 Å². The molecule has 82 valence electrons. The van der Waals surface area contributed by atoms with E-state index in [9.17, 15) is 4.79 Å². The zero-order valence-corrected chi connectivity index (χ0v) is 9.30. The van der Waals surface area contributed by atoms with Gasteiger partial charge in [-0.3, -0.25) is 0 Å². The lowest BCUT2D eigenvalue weighted by molar-refractivity contribution is -0.138. The summed E-state index contributed by atoms with van der Waals surface area (Å²) in [6.07, 6.45) is 0. The average Bonchev–Trinajstić information content (AvgIpc) is 2.12. The van der Waals surface area contributed by atoms with Crippen molar-refractivity contribution in [1.82, 2.24) is 10.2 Å². The molecule has 0 saturated carbocycles. The summed E-state index contributed by atoms with van der Waals surface area (Å²) in [6, 6.07) is 0. The molecule has 0 aliphatic rings. The number of hydrogen-bond acceptors (Lipinski definition) is 4. The van der Waals surface area contributed by atoms with Crippen LogP contribution in [0.4, 0.5) is 0 Å². The van der Waals surface area contributed by atoms with Crippen LogP contribution in [0.3, 0.4) is 0 Å². The van der Waals surface area contributed by atoms with E-state index < -0.39 is 0 Å². The van der Waals surface area contributed by atoms with Gasteiger partial charge >= 0.3 is 5.97 Å². The summed E-state index contributed by atoms with van der Waals surface area (Å²) in [7, 11) is 4.00. The summed E-state index contributed by atoms with van der Waals surface area (Å²) in [5.41, 5.74) is 0.477. The molecule has 0 aliphatic carbocycles. The standard InChI is InChI=1S/C10H20N2O2/c1-5-14-10(13)9(2)8-11-6-7-12(3)4/h11H,2,5-8H2,1,3-4H3. The highest BCUT2D eigenvalue weighted by atomic mass is 16.5. The van der Waals surface area contributed by atoms with Crippen LogP contribution in [0.15, 0.2) is 12.2 Å². The van der Waals surface area contributed by atoms with Crippen molar-refractivity contribution >= 4 is 5.97 Å². The Morgan fingerprint density at radius 3 is 2.64 bits per heavy atom. The molecule has 0 aromatic heterocycles. The molecular formula is C10H20N2O2. The summed E-state index contributed by atoms with van der Waals surface area (Å²) in [5.74, 6) is -0.315. The third-order valence-electron chi connectivity index (χ3n) is 1.64. The van der Waals surface area contributed by atoms with Crippen molar-refractivity contribution in [1.29, 1.82) is 0 Å². The first-order valence-electron chi connectivity index (χ1n) is 4.78. The molecule has 0 atom stereocenters. The van der Waals surface area contributed by atoms with Gasteiger partial charge in [0.25, 0.3) is 0 Å². The molecule has 0 radical (unpaired) electrons. The molecule has 4 nitrogen and oxygen atoms in total. The summed E-state index contributed by atoms with van der Waals surface area (Å²) >= 11 is 0. The Kier molecular flexibility index (Phi) is 7.06. The second-order valence-corrected chi connectivity index (χ2v) is 3.30. The molecule has 0 rings (SSSR count). The molecule has 4 heteroatoms. The third-order valence-corrected chi connectivity index (χ3v) is 1.64. The van der Waals surface area contributed by atoms with Crippen molar-refractivity contribution in [3.8, 4) is 0 Å². The highest BCUT2D eigenvalue weighted by Crippen LogP contribution is 1.92. The third kappa shape index (κ3) is 6.62. The second kappa shape index (κ2) is 7.53. The molecule has 0 heterocycles. The van der Waals surface area contributed by atoms with Crippen LogP contribution in [0.2, 0.25) is 0 Å². The van der Waals surface area contributed by atoms with E-state index in [-0.39, 0.29) is 5.97 Å². The highest BCUT2D eigenvalue weighted by Gasteiger charge is 2.06. The Labute approximate surface area is 85.9 Å². The maximum Gasteiger partial charge on any atom is 0.334 e. The van der Waals surface area contributed by atoms with Crippen molar-refractivity contribution in [2.45, 2.75) is 6.92 Å². The molecule has 0 aromatic rings. The van der Waals surface area contributed by atoms with Crippen LogP contribution in [0.5, 0.6) is 0 Å². The summed E-state index contributed by atoms with van der Waals surface area (Å²) < 4.78 is 4.79. The SMILES string of the molecule is C=C(CNCCN(C)C)C(=O)OCC.